The predicted molar refractivity (Wildman–Crippen MR) is 277 cm³/mol. The van der Waals surface area contributed by atoms with Crippen LogP contribution < -0.4 is 65.5 Å². The summed E-state index contributed by atoms with van der Waals surface area (Å²) in [6.07, 6.45) is -2.73. The number of hydrogen-bond acceptors (Lipinski definition) is 18. The zero-order valence-corrected chi connectivity index (χ0v) is 44.3. The maximum atomic E-state index is 14.0. The number of carbonyl (C=O) groups excluding carboxylic acids is 8. The van der Waals surface area contributed by atoms with Crippen molar-refractivity contribution in [3.8, 4) is 0 Å². The summed E-state index contributed by atoms with van der Waals surface area (Å²) in [4.78, 5) is 155. The van der Waals surface area contributed by atoms with Gasteiger partial charge in [-0.2, -0.15) is 12.6 Å². The predicted octanol–water partition coefficient (Wildman–Crippen LogP) is -6.11. The van der Waals surface area contributed by atoms with Crippen molar-refractivity contribution >= 4 is 83.8 Å². The largest absolute Gasteiger partial charge is 0.481 e. The first-order valence-electron chi connectivity index (χ1n) is 24.7. The highest BCUT2D eigenvalue weighted by Crippen LogP contribution is 2.11. The molecule has 0 aromatic carbocycles. The first-order chi connectivity index (χ1) is 36.1. The third-order valence-electron chi connectivity index (χ3n) is 11.4. The molecule has 1 aromatic heterocycles. The van der Waals surface area contributed by atoms with E-state index in [0.29, 0.717) is 12.1 Å². The number of nitrogens with two attached hydrogens (primary N) is 4. The van der Waals surface area contributed by atoms with Gasteiger partial charge in [-0.15, -0.1) is 0 Å². The molecule has 0 spiro atoms. The van der Waals surface area contributed by atoms with Gasteiger partial charge in [0.25, 0.3) is 0 Å². The highest BCUT2D eigenvalue weighted by atomic mass is 32.1. The van der Waals surface area contributed by atoms with Gasteiger partial charge in [0, 0.05) is 43.5 Å². The first-order valence-corrected chi connectivity index (χ1v) is 25.3. The first kappa shape index (κ1) is 67.9. The number of aliphatic carboxylic acids is 3. The Morgan fingerprint density at radius 1 is 0.597 bits per heavy atom. The van der Waals surface area contributed by atoms with Gasteiger partial charge in [-0.25, -0.2) is 9.78 Å². The normalized spacial score (nSPS) is 15.4. The number of aromatic amines is 1. The van der Waals surface area contributed by atoms with E-state index < -0.39 is 163 Å². The number of thiol groups is 1. The number of amides is 8. The van der Waals surface area contributed by atoms with Crippen molar-refractivity contribution in [1.29, 1.82) is 0 Å². The van der Waals surface area contributed by atoms with E-state index in [1.807, 2.05) is 0 Å². The van der Waals surface area contributed by atoms with E-state index in [4.69, 9.17) is 22.9 Å². The van der Waals surface area contributed by atoms with Crippen molar-refractivity contribution in [3.05, 3.63) is 18.2 Å². The van der Waals surface area contributed by atoms with Gasteiger partial charge in [-0.3, -0.25) is 52.9 Å². The van der Waals surface area contributed by atoms with E-state index in [1.165, 1.54) is 19.4 Å². The Hall–Kier alpha value is -7.16. The second kappa shape index (κ2) is 35.2. The maximum Gasteiger partial charge on any atom is 0.326 e. The van der Waals surface area contributed by atoms with Crippen LogP contribution in [0.3, 0.4) is 0 Å². The summed E-state index contributed by atoms with van der Waals surface area (Å²) in [7, 11) is 0. The SMILES string of the molecule is CC(C)C[C@H](NC(=O)[C@H](CCCN=C(N)N)NC(=O)[C@H](CCCCN)NC(=O)[C@H](CCC(=O)O)NC(=O)[C@H](CS)NC(=O)[C@@H](NC(=O)[C@H](CCC(=O)O)NC(=O)[C@H](Cc1cnc[nH]1)NC(=O)[C@@H](N)[C@@H](C)O)[C@@H](C)O)C(=O)O. The Morgan fingerprint density at radius 2 is 1.04 bits per heavy atom. The van der Waals surface area contributed by atoms with Crippen molar-refractivity contribution in [3.63, 3.8) is 0 Å². The number of nitrogens with one attached hydrogen (secondary N) is 9. The van der Waals surface area contributed by atoms with Gasteiger partial charge in [0.1, 0.15) is 54.4 Å². The molecule has 32 heteroatoms. The third kappa shape index (κ3) is 26.4. The molecular formula is C45H77N15O16S. The van der Waals surface area contributed by atoms with Crippen LogP contribution in [0.25, 0.3) is 0 Å². The number of aliphatic hydroxyl groups excluding tert-OH is 2. The average molecular weight is 1120 g/mol. The van der Waals surface area contributed by atoms with E-state index in [1.54, 1.807) is 13.8 Å². The number of H-pyrrole nitrogens is 1. The Morgan fingerprint density at radius 3 is 1.45 bits per heavy atom. The number of aliphatic imine (C=N–C) groups is 1. The number of carboxylic acids is 3. The summed E-state index contributed by atoms with van der Waals surface area (Å²) in [6.45, 7) is 5.98. The van der Waals surface area contributed by atoms with Gasteiger partial charge in [0.2, 0.25) is 47.3 Å². The molecule has 11 atom stereocenters. The van der Waals surface area contributed by atoms with E-state index in [-0.39, 0.29) is 63.5 Å². The van der Waals surface area contributed by atoms with Crippen LogP contribution in [0.4, 0.5) is 0 Å². The summed E-state index contributed by atoms with van der Waals surface area (Å²) in [5.74, 6) is -13.5. The van der Waals surface area contributed by atoms with Crippen LogP contribution in [-0.2, 0) is 59.2 Å². The lowest BCUT2D eigenvalue weighted by atomic mass is 10.0. The van der Waals surface area contributed by atoms with Gasteiger partial charge < -0.3 is 96.0 Å². The second-order valence-corrected chi connectivity index (χ2v) is 18.8. The summed E-state index contributed by atoms with van der Waals surface area (Å²) in [5.41, 5.74) is 22.6. The second-order valence-electron chi connectivity index (χ2n) is 18.5. The molecule has 22 N–H and O–H groups in total. The molecule has 1 rings (SSSR count). The van der Waals surface area contributed by atoms with Gasteiger partial charge in [-0.1, -0.05) is 13.8 Å². The number of aliphatic hydroxyl groups is 2. The zero-order chi connectivity index (χ0) is 58.5. The fourth-order valence-corrected chi connectivity index (χ4v) is 7.35. The molecule has 1 aromatic rings. The minimum atomic E-state index is -1.92. The zero-order valence-electron chi connectivity index (χ0n) is 43.4. The molecule has 0 aliphatic carbocycles. The lowest BCUT2D eigenvalue weighted by Gasteiger charge is -2.28. The average Bonchev–Trinajstić information content (AvgIpc) is 3.87. The highest BCUT2D eigenvalue weighted by Gasteiger charge is 2.36. The summed E-state index contributed by atoms with van der Waals surface area (Å²) in [6, 6.07) is -14.2. The lowest BCUT2D eigenvalue weighted by Crippen LogP contribution is -2.62. The Labute approximate surface area is 449 Å². The Balaban J connectivity index is 3.45. The highest BCUT2D eigenvalue weighted by molar-refractivity contribution is 7.80. The van der Waals surface area contributed by atoms with E-state index in [2.05, 4.69) is 70.1 Å². The molecule has 1 heterocycles. The van der Waals surface area contributed by atoms with E-state index >= 15 is 0 Å². The molecule has 31 nitrogen and oxygen atoms in total. The molecule has 0 saturated carbocycles. The number of unbranched alkanes of at least 4 members (excludes halogenated alkanes) is 1. The van der Waals surface area contributed by atoms with Gasteiger partial charge >= 0.3 is 17.9 Å². The summed E-state index contributed by atoms with van der Waals surface area (Å²) < 4.78 is 0. The number of rotatable bonds is 38. The number of carbonyl (C=O) groups is 11. The molecule has 77 heavy (non-hydrogen) atoms. The Bertz CT molecular complexity index is 2160. The fourth-order valence-electron chi connectivity index (χ4n) is 7.09. The minimum absolute atomic E-state index is 0.0240. The molecule has 0 radical (unpaired) electrons. The van der Waals surface area contributed by atoms with E-state index in [9.17, 15) is 78.3 Å². The topological polar surface area (TPSA) is 530 Å². The molecule has 0 bridgehead atoms. The number of aromatic nitrogens is 2. The molecule has 8 amide bonds. The molecule has 0 saturated heterocycles. The standard InChI is InChI=1S/C45H77N15O16S/c1-21(2)16-30(44(75)76)58-37(68)26(9-7-15-51-45(48)49)54-36(67)25(8-5-6-14-46)53-38(69)27(10-12-32(63)64)56-41(72)31(19-77)59-43(74)35(23(4)62)60-39(70)28(11-13-33(65)66)55-40(71)29(17-24-18-50-20-52-24)57-42(73)34(47)22(3)61/h18,20-23,25-31,34-35,61-62,77H,5-17,19,46-47H2,1-4H3,(H,50,52)(H,53,69)(H,54,67)(H,55,71)(H,56,72)(H,57,73)(H,58,68)(H,59,74)(H,60,70)(H,63,64)(H,65,66)(H,75,76)(H4,48,49,51)/t22-,23-,25+,26+,27+,28+,29+,30+,31+,34+,35+/m1/s1. The van der Waals surface area contributed by atoms with Crippen LogP contribution in [-0.4, -0.2) is 192 Å². The van der Waals surface area contributed by atoms with Crippen molar-refractivity contribution in [2.75, 3.05) is 18.8 Å². The van der Waals surface area contributed by atoms with Crippen LogP contribution >= 0.6 is 12.6 Å². The number of imidazole rings is 1. The van der Waals surface area contributed by atoms with Crippen LogP contribution in [0.5, 0.6) is 0 Å². The quantitative estimate of drug-likeness (QED) is 0.0127. The molecule has 434 valence electrons. The van der Waals surface area contributed by atoms with Crippen LogP contribution in [0, 0.1) is 5.92 Å². The number of carboxylic acid groups (broad SMARTS) is 3. The van der Waals surface area contributed by atoms with E-state index in [0.717, 1.165) is 6.92 Å². The number of nitrogens with zero attached hydrogens (tertiary/aromatic N) is 2. The van der Waals surface area contributed by atoms with Gasteiger partial charge in [-0.05, 0) is 77.7 Å². The van der Waals surface area contributed by atoms with Crippen LogP contribution in [0.2, 0.25) is 0 Å². The van der Waals surface area contributed by atoms with Gasteiger partial charge in [0.05, 0.1) is 18.5 Å². The number of hydrogen-bond donors (Lipinski definition) is 19. The summed E-state index contributed by atoms with van der Waals surface area (Å²) >= 11 is 4.13. The van der Waals surface area contributed by atoms with Crippen molar-refractivity contribution < 1.29 is 78.3 Å². The molecule has 0 aliphatic rings. The van der Waals surface area contributed by atoms with Crippen LogP contribution in [0.15, 0.2) is 17.5 Å². The fraction of sp³-hybridized carbons (Fsp3) is 0.667. The molecular weight excluding hydrogens is 1040 g/mol. The van der Waals surface area contributed by atoms with Gasteiger partial charge in [0.15, 0.2) is 5.96 Å². The third-order valence-corrected chi connectivity index (χ3v) is 11.7. The minimum Gasteiger partial charge on any atom is -0.481 e. The van der Waals surface area contributed by atoms with Crippen molar-refractivity contribution in [2.45, 2.75) is 165 Å². The van der Waals surface area contributed by atoms with Crippen LogP contribution in [0.1, 0.15) is 97.6 Å². The lowest BCUT2D eigenvalue weighted by molar-refractivity contribution is -0.143. The molecule has 0 aliphatic heterocycles. The monoisotopic (exact) mass is 1120 g/mol. The Kier molecular flexibility index (Phi) is 31.0. The maximum absolute atomic E-state index is 14.0. The molecule has 0 fully saturated rings. The molecule has 0 unspecified atom stereocenters. The number of guanidine groups is 1. The van der Waals surface area contributed by atoms with Crippen molar-refractivity contribution in [2.24, 2.45) is 33.8 Å². The summed E-state index contributed by atoms with van der Waals surface area (Å²) in [5, 5.41) is 68.2. The smallest absolute Gasteiger partial charge is 0.326 e. The van der Waals surface area contributed by atoms with Crippen molar-refractivity contribution in [1.82, 2.24) is 52.5 Å².